The summed E-state index contributed by atoms with van der Waals surface area (Å²) in [5.41, 5.74) is 0.181. The van der Waals surface area contributed by atoms with E-state index in [1.54, 1.807) is 0 Å². The van der Waals surface area contributed by atoms with Crippen molar-refractivity contribution >= 4 is 15.9 Å². The van der Waals surface area contributed by atoms with Gasteiger partial charge in [0.2, 0.25) is 15.9 Å². The molecule has 36 heavy (non-hydrogen) atoms. The second kappa shape index (κ2) is 9.90. The molecule has 2 heterocycles. The second-order valence-corrected chi connectivity index (χ2v) is 9.96. The molecule has 2 aromatic carbocycles. The Kier molecular flexibility index (Phi) is 7.05. The summed E-state index contributed by atoms with van der Waals surface area (Å²) in [6.45, 7) is -0.723. The van der Waals surface area contributed by atoms with Crippen LogP contribution in [-0.4, -0.2) is 47.4 Å². The Morgan fingerprint density at radius 1 is 1.08 bits per heavy atom. The lowest BCUT2D eigenvalue weighted by molar-refractivity contribution is -0.137. The highest BCUT2D eigenvalue weighted by Gasteiger charge is 2.44. The van der Waals surface area contributed by atoms with Crippen molar-refractivity contribution in [3.05, 3.63) is 78.0 Å². The van der Waals surface area contributed by atoms with Crippen molar-refractivity contribution in [3.63, 3.8) is 0 Å². The van der Waals surface area contributed by atoms with Gasteiger partial charge in [0.1, 0.15) is 24.4 Å². The molecule has 1 aromatic heterocycles. The Hall–Kier alpha value is -3.45. The van der Waals surface area contributed by atoms with Crippen LogP contribution in [0.4, 0.5) is 22.0 Å². The van der Waals surface area contributed by atoms with E-state index >= 15 is 0 Å². The smallest absolute Gasteiger partial charge is 0.349 e. The standard InChI is InChI=1S/C23H19F5N4O3S/c24-16-2-1-3-19(8-16)36(34,35)32-12-17(25)9-21(32)22(33)29-11-18-10-20(31-13-30-18)14-4-6-15(7-5-14)23(26,27)28/h1-8,10,13,17,21H,9,11-12H2,(H,29,33). The van der Waals surface area contributed by atoms with Crippen molar-refractivity contribution < 1.29 is 35.2 Å². The molecule has 7 nitrogen and oxygen atoms in total. The first kappa shape index (κ1) is 25.6. The van der Waals surface area contributed by atoms with E-state index in [1.165, 1.54) is 30.6 Å². The molecule has 0 spiro atoms. The highest BCUT2D eigenvalue weighted by atomic mass is 32.2. The van der Waals surface area contributed by atoms with Gasteiger partial charge in [0.05, 0.1) is 28.4 Å². The quantitative estimate of drug-likeness (QED) is 0.495. The topological polar surface area (TPSA) is 92.3 Å². The minimum Gasteiger partial charge on any atom is -0.349 e. The molecule has 1 aliphatic heterocycles. The van der Waals surface area contributed by atoms with Crippen LogP contribution in [0.25, 0.3) is 11.3 Å². The van der Waals surface area contributed by atoms with Crippen LogP contribution in [0, 0.1) is 5.82 Å². The Labute approximate surface area is 203 Å². The third kappa shape index (κ3) is 5.51. The van der Waals surface area contributed by atoms with Gasteiger partial charge < -0.3 is 5.32 Å². The molecular weight excluding hydrogens is 507 g/mol. The molecule has 1 aliphatic rings. The number of aromatic nitrogens is 2. The monoisotopic (exact) mass is 526 g/mol. The second-order valence-electron chi connectivity index (χ2n) is 8.07. The summed E-state index contributed by atoms with van der Waals surface area (Å²) in [6, 6.07) is 8.64. The molecular formula is C23H19F5N4O3S. The van der Waals surface area contributed by atoms with E-state index in [4.69, 9.17) is 0 Å². The van der Waals surface area contributed by atoms with E-state index in [0.29, 0.717) is 21.3 Å². The zero-order chi connectivity index (χ0) is 26.1. The average molecular weight is 526 g/mol. The summed E-state index contributed by atoms with van der Waals surface area (Å²) in [6.07, 6.45) is -5.27. The summed E-state index contributed by atoms with van der Waals surface area (Å²) in [5.74, 6) is -1.56. The molecule has 3 aromatic rings. The Morgan fingerprint density at radius 2 is 1.81 bits per heavy atom. The Balaban J connectivity index is 1.47. The first-order valence-corrected chi connectivity index (χ1v) is 12.1. The highest BCUT2D eigenvalue weighted by Crippen LogP contribution is 2.31. The fourth-order valence-corrected chi connectivity index (χ4v) is 5.46. The van der Waals surface area contributed by atoms with E-state index in [9.17, 15) is 35.2 Å². The van der Waals surface area contributed by atoms with Crippen molar-refractivity contribution in [3.8, 4) is 11.3 Å². The number of hydrogen-bond donors (Lipinski definition) is 1. The van der Waals surface area contributed by atoms with Crippen molar-refractivity contribution in [2.45, 2.75) is 36.3 Å². The summed E-state index contributed by atoms with van der Waals surface area (Å²) >= 11 is 0. The van der Waals surface area contributed by atoms with E-state index < -0.39 is 57.1 Å². The molecule has 1 saturated heterocycles. The zero-order valence-electron chi connectivity index (χ0n) is 18.4. The predicted molar refractivity (Wildman–Crippen MR) is 118 cm³/mol. The van der Waals surface area contributed by atoms with Gasteiger partial charge in [-0.1, -0.05) is 18.2 Å². The molecule has 2 atom stereocenters. The number of nitrogens with zero attached hydrogens (tertiary/aromatic N) is 3. The number of halogens is 5. The van der Waals surface area contributed by atoms with Gasteiger partial charge in [-0.05, 0) is 36.4 Å². The third-order valence-corrected chi connectivity index (χ3v) is 7.46. The third-order valence-electron chi connectivity index (χ3n) is 5.59. The van der Waals surface area contributed by atoms with Crippen molar-refractivity contribution in [1.82, 2.24) is 19.6 Å². The maximum atomic E-state index is 14.2. The number of alkyl halides is 4. The van der Waals surface area contributed by atoms with Crippen LogP contribution in [0.5, 0.6) is 0 Å². The van der Waals surface area contributed by atoms with E-state index in [-0.39, 0.29) is 13.0 Å². The van der Waals surface area contributed by atoms with Crippen LogP contribution in [0.3, 0.4) is 0 Å². The molecule has 0 saturated carbocycles. The summed E-state index contributed by atoms with van der Waals surface area (Å²) in [7, 11) is -4.34. The van der Waals surface area contributed by atoms with Crippen LogP contribution in [-0.2, 0) is 27.5 Å². The highest BCUT2D eigenvalue weighted by molar-refractivity contribution is 7.89. The average Bonchev–Trinajstić information content (AvgIpc) is 3.25. The summed E-state index contributed by atoms with van der Waals surface area (Å²) in [4.78, 5) is 20.4. The number of nitrogens with one attached hydrogen (secondary N) is 1. The maximum Gasteiger partial charge on any atom is 0.416 e. The minimum atomic E-state index is -4.48. The number of carbonyl (C=O) groups is 1. The van der Waals surface area contributed by atoms with E-state index in [0.717, 1.165) is 30.3 Å². The lowest BCUT2D eigenvalue weighted by atomic mass is 10.1. The van der Waals surface area contributed by atoms with Crippen molar-refractivity contribution in [1.29, 1.82) is 0 Å². The van der Waals surface area contributed by atoms with Gasteiger partial charge in [-0.25, -0.2) is 27.2 Å². The molecule has 13 heteroatoms. The van der Waals surface area contributed by atoms with Gasteiger partial charge in [-0.2, -0.15) is 17.5 Å². The largest absolute Gasteiger partial charge is 0.416 e. The number of benzene rings is 2. The number of amides is 1. The maximum absolute atomic E-state index is 14.2. The molecule has 190 valence electrons. The number of hydrogen-bond acceptors (Lipinski definition) is 5. The predicted octanol–water partition coefficient (Wildman–Crippen LogP) is 3.72. The van der Waals surface area contributed by atoms with Gasteiger partial charge in [0.15, 0.2) is 0 Å². The molecule has 0 radical (unpaired) electrons. The fraction of sp³-hybridized carbons (Fsp3) is 0.261. The zero-order valence-corrected chi connectivity index (χ0v) is 19.2. The molecule has 1 amide bonds. The summed E-state index contributed by atoms with van der Waals surface area (Å²) < 4.78 is 92.6. The van der Waals surface area contributed by atoms with Crippen LogP contribution < -0.4 is 5.32 Å². The van der Waals surface area contributed by atoms with Gasteiger partial charge in [0.25, 0.3) is 0 Å². The minimum absolute atomic E-state index is 0.170. The van der Waals surface area contributed by atoms with Gasteiger partial charge in [0, 0.05) is 18.5 Å². The van der Waals surface area contributed by atoms with Crippen LogP contribution in [0.1, 0.15) is 17.7 Å². The van der Waals surface area contributed by atoms with Gasteiger partial charge in [-0.3, -0.25) is 4.79 Å². The molecule has 1 N–H and O–H groups in total. The fourth-order valence-electron chi connectivity index (χ4n) is 3.80. The van der Waals surface area contributed by atoms with Crippen LogP contribution in [0.15, 0.2) is 65.8 Å². The van der Waals surface area contributed by atoms with E-state index in [1.807, 2.05) is 0 Å². The number of rotatable bonds is 6. The molecule has 2 unspecified atom stereocenters. The van der Waals surface area contributed by atoms with Gasteiger partial charge >= 0.3 is 6.18 Å². The number of carbonyl (C=O) groups excluding carboxylic acids is 1. The first-order chi connectivity index (χ1) is 16.9. The lowest BCUT2D eigenvalue weighted by Crippen LogP contribution is -2.45. The molecule has 4 rings (SSSR count). The lowest BCUT2D eigenvalue weighted by Gasteiger charge is -2.23. The molecule has 0 bridgehead atoms. The Bertz CT molecular complexity index is 1370. The van der Waals surface area contributed by atoms with Crippen LogP contribution in [0.2, 0.25) is 0 Å². The normalized spacial score (nSPS) is 18.8. The molecule has 0 aliphatic carbocycles. The van der Waals surface area contributed by atoms with E-state index in [2.05, 4.69) is 15.3 Å². The molecule has 1 fully saturated rings. The van der Waals surface area contributed by atoms with Gasteiger partial charge in [-0.15, -0.1) is 0 Å². The van der Waals surface area contributed by atoms with Crippen LogP contribution >= 0.6 is 0 Å². The van der Waals surface area contributed by atoms with Crippen molar-refractivity contribution in [2.75, 3.05) is 6.54 Å². The van der Waals surface area contributed by atoms with Crippen molar-refractivity contribution in [2.24, 2.45) is 0 Å². The Morgan fingerprint density at radius 3 is 2.47 bits per heavy atom. The SMILES string of the molecule is O=C(NCc1cc(-c2ccc(C(F)(F)F)cc2)ncn1)C1CC(F)CN1S(=O)(=O)c1cccc(F)c1. The number of sulfonamides is 1. The first-order valence-electron chi connectivity index (χ1n) is 10.6. The summed E-state index contributed by atoms with van der Waals surface area (Å²) in [5, 5.41) is 2.51.